The van der Waals surface area contributed by atoms with E-state index in [0.29, 0.717) is 29.2 Å². The van der Waals surface area contributed by atoms with Crippen molar-refractivity contribution in [3.8, 4) is 0 Å². The fourth-order valence-electron chi connectivity index (χ4n) is 2.65. The Hall–Kier alpha value is -1.82. The van der Waals surface area contributed by atoms with E-state index in [1.54, 1.807) is 6.92 Å². The average molecular weight is 326 g/mol. The lowest BCUT2D eigenvalue weighted by atomic mass is 10.1. The van der Waals surface area contributed by atoms with E-state index in [1.807, 2.05) is 4.90 Å². The minimum atomic E-state index is -0.470. The largest absolute Gasteiger partial charge is 0.383 e. The number of hydrogen-bond donors (Lipinski definition) is 1. The molecular weight excluding hydrogens is 306 g/mol. The molecule has 1 aliphatic heterocycles. The Morgan fingerprint density at radius 1 is 1.36 bits per heavy atom. The Morgan fingerprint density at radius 3 is 2.64 bits per heavy atom. The van der Waals surface area contributed by atoms with Crippen molar-refractivity contribution in [1.82, 2.24) is 4.90 Å². The number of carbonyl (C=O) groups is 1. The van der Waals surface area contributed by atoms with Gasteiger partial charge in [-0.15, -0.1) is 0 Å². The van der Waals surface area contributed by atoms with Crippen molar-refractivity contribution < 1.29 is 9.72 Å². The van der Waals surface area contributed by atoms with Crippen molar-refractivity contribution in [3.05, 3.63) is 32.8 Å². The fourth-order valence-corrected chi connectivity index (χ4v) is 2.98. The Kier molecular flexibility index (Phi) is 5.60. The van der Waals surface area contributed by atoms with Crippen molar-refractivity contribution in [2.75, 3.05) is 25.0 Å². The summed E-state index contributed by atoms with van der Waals surface area (Å²) in [7, 11) is 0. The summed E-state index contributed by atoms with van der Waals surface area (Å²) in [5, 5.41) is 14.2. The number of aryl methyl sites for hydroxylation is 1. The van der Waals surface area contributed by atoms with E-state index in [2.05, 4.69) is 5.32 Å². The van der Waals surface area contributed by atoms with Crippen molar-refractivity contribution in [3.63, 3.8) is 0 Å². The molecule has 22 heavy (non-hydrogen) atoms. The van der Waals surface area contributed by atoms with Crippen molar-refractivity contribution >= 4 is 28.9 Å². The molecule has 0 bridgehead atoms. The third kappa shape index (κ3) is 4.10. The molecule has 0 aromatic heterocycles. The van der Waals surface area contributed by atoms with Crippen LogP contribution in [0.4, 0.5) is 11.4 Å². The second-order valence-electron chi connectivity index (χ2n) is 5.49. The van der Waals surface area contributed by atoms with Crippen LogP contribution in [-0.2, 0) is 4.79 Å². The van der Waals surface area contributed by atoms with Crippen LogP contribution in [-0.4, -0.2) is 35.4 Å². The second kappa shape index (κ2) is 7.45. The molecule has 0 saturated carbocycles. The summed E-state index contributed by atoms with van der Waals surface area (Å²) >= 11 is 6.08. The van der Waals surface area contributed by atoms with E-state index in [9.17, 15) is 14.9 Å². The van der Waals surface area contributed by atoms with Crippen molar-refractivity contribution in [1.29, 1.82) is 0 Å². The van der Waals surface area contributed by atoms with Crippen molar-refractivity contribution in [2.45, 2.75) is 32.6 Å². The molecule has 120 valence electrons. The van der Waals surface area contributed by atoms with E-state index in [0.717, 1.165) is 25.9 Å². The summed E-state index contributed by atoms with van der Waals surface area (Å²) in [4.78, 5) is 24.3. The SMILES string of the molecule is Cc1cc([N+](=O)[O-])cc(Cl)c1NCCC(=O)N1CCCCC1. The summed E-state index contributed by atoms with van der Waals surface area (Å²) in [5.74, 6) is 0.142. The third-order valence-corrected chi connectivity index (χ3v) is 4.13. The van der Waals surface area contributed by atoms with Gasteiger partial charge in [-0.25, -0.2) is 0 Å². The first-order valence-corrected chi connectivity index (χ1v) is 7.83. The summed E-state index contributed by atoms with van der Waals surface area (Å²) in [6.45, 7) is 3.91. The molecule has 0 unspecified atom stereocenters. The normalized spacial score (nSPS) is 14.7. The number of rotatable bonds is 5. The molecule has 0 radical (unpaired) electrons. The van der Waals surface area contributed by atoms with Crippen LogP contribution in [0, 0.1) is 17.0 Å². The van der Waals surface area contributed by atoms with Gasteiger partial charge < -0.3 is 10.2 Å². The molecule has 0 aliphatic carbocycles. The maximum atomic E-state index is 12.1. The molecule has 0 atom stereocenters. The number of nitro benzene ring substituents is 1. The Balaban J connectivity index is 1.91. The van der Waals surface area contributed by atoms with Crippen LogP contribution < -0.4 is 5.32 Å². The number of non-ortho nitro benzene ring substituents is 1. The fraction of sp³-hybridized carbons (Fsp3) is 0.533. The van der Waals surface area contributed by atoms with Gasteiger partial charge in [-0.2, -0.15) is 0 Å². The first-order chi connectivity index (χ1) is 10.5. The zero-order valence-electron chi connectivity index (χ0n) is 12.6. The molecular formula is C15H20ClN3O3. The van der Waals surface area contributed by atoms with Crippen molar-refractivity contribution in [2.24, 2.45) is 0 Å². The number of nitro groups is 1. The zero-order chi connectivity index (χ0) is 16.1. The van der Waals surface area contributed by atoms with E-state index in [-0.39, 0.29) is 11.6 Å². The summed E-state index contributed by atoms with van der Waals surface area (Å²) in [5.41, 5.74) is 1.32. The van der Waals surface area contributed by atoms with Crippen LogP contribution in [0.15, 0.2) is 12.1 Å². The Bertz CT molecular complexity index is 548. The lowest BCUT2D eigenvalue weighted by Gasteiger charge is -2.26. The highest BCUT2D eigenvalue weighted by atomic mass is 35.5. The van der Waals surface area contributed by atoms with Crippen LogP contribution in [0.3, 0.4) is 0 Å². The first kappa shape index (κ1) is 16.5. The van der Waals surface area contributed by atoms with E-state index in [1.165, 1.54) is 18.6 Å². The van der Waals surface area contributed by atoms with E-state index >= 15 is 0 Å². The summed E-state index contributed by atoms with van der Waals surface area (Å²) in [6, 6.07) is 2.80. The first-order valence-electron chi connectivity index (χ1n) is 7.45. The number of nitrogens with zero attached hydrogens (tertiary/aromatic N) is 2. The molecule has 7 heteroatoms. The molecule has 1 aromatic carbocycles. The number of amides is 1. The predicted molar refractivity (Wildman–Crippen MR) is 86.4 cm³/mol. The summed E-state index contributed by atoms with van der Waals surface area (Å²) in [6.07, 6.45) is 3.74. The topological polar surface area (TPSA) is 75.5 Å². The predicted octanol–water partition coefficient (Wildman–Crippen LogP) is 3.37. The lowest BCUT2D eigenvalue weighted by Crippen LogP contribution is -2.36. The average Bonchev–Trinajstić information content (AvgIpc) is 2.50. The molecule has 1 saturated heterocycles. The van der Waals surface area contributed by atoms with E-state index < -0.39 is 4.92 Å². The maximum absolute atomic E-state index is 12.1. The van der Waals surface area contributed by atoms with Gasteiger partial charge in [-0.1, -0.05) is 11.6 Å². The number of carbonyl (C=O) groups excluding carboxylic acids is 1. The molecule has 1 heterocycles. The number of piperidine rings is 1. The van der Waals surface area contributed by atoms with E-state index in [4.69, 9.17) is 11.6 Å². The van der Waals surface area contributed by atoms with Gasteiger partial charge >= 0.3 is 0 Å². The molecule has 1 amide bonds. The maximum Gasteiger partial charge on any atom is 0.271 e. The highest BCUT2D eigenvalue weighted by Crippen LogP contribution is 2.30. The number of halogens is 1. The van der Waals surface area contributed by atoms with Gasteiger partial charge in [0, 0.05) is 38.2 Å². The minimum Gasteiger partial charge on any atom is -0.383 e. The zero-order valence-corrected chi connectivity index (χ0v) is 13.4. The van der Waals surface area contributed by atoms with Gasteiger partial charge in [-0.3, -0.25) is 14.9 Å². The highest BCUT2D eigenvalue weighted by Gasteiger charge is 2.17. The van der Waals surface area contributed by atoms with Gasteiger partial charge in [-0.05, 0) is 31.7 Å². The van der Waals surface area contributed by atoms with Crippen LogP contribution in [0.1, 0.15) is 31.2 Å². The lowest BCUT2D eigenvalue weighted by molar-refractivity contribution is -0.384. The Labute approximate surface area is 134 Å². The molecule has 1 aliphatic rings. The van der Waals surface area contributed by atoms with Gasteiger partial charge in [0.25, 0.3) is 5.69 Å². The molecule has 6 nitrogen and oxygen atoms in total. The number of hydrogen-bond acceptors (Lipinski definition) is 4. The van der Waals surface area contributed by atoms with Crippen LogP contribution in [0.25, 0.3) is 0 Å². The van der Waals surface area contributed by atoms with Gasteiger partial charge in [0.05, 0.1) is 15.6 Å². The molecule has 1 aromatic rings. The Morgan fingerprint density at radius 2 is 2.05 bits per heavy atom. The monoisotopic (exact) mass is 325 g/mol. The smallest absolute Gasteiger partial charge is 0.271 e. The molecule has 0 spiro atoms. The summed E-state index contributed by atoms with van der Waals surface area (Å²) < 4.78 is 0. The highest BCUT2D eigenvalue weighted by molar-refractivity contribution is 6.33. The number of likely N-dealkylation sites (tertiary alicyclic amines) is 1. The number of anilines is 1. The molecule has 1 N–H and O–H groups in total. The minimum absolute atomic E-state index is 0.0301. The molecule has 1 fully saturated rings. The standard InChI is InChI=1S/C15H20ClN3O3/c1-11-9-12(19(21)22)10-13(16)15(11)17-6-5-14(20)18-7-3-2-4-8-18/h9-10,17H,2-8H2,1H3. The van der Waals surface area contributed by atoms with Crippen LogP contribution >= 0.6 is 11.6 Å². The van der Waals surface area contributed by atoms with Crippen LogP contribution in [0.5, 0.6) is 0 Å². The quantitative estimate of drug-likeness (QED) is 0.665. The second-order valence-corrected chi connectivity index (χ2v) is 5.90. The molecule has 2 rings (SSSR count). The van der Waals surface area contributed by atoms with Gasteiger partial charge in [0.15, 0.2) is 0 Å². The van der Waals surface area contributed by atoms with Crippen LogP contribution in [0.2, 0.25) is 5.02 Å². The third-order valence-electron chi connectivity index (χ3n) is 3.83. The number of benzene rings is 1. The van der Waals surface area contributed by atoms with Gasteiger partial charge in [0.1, 0.15) is 0 Å². The number of nitrogens with one attached hydrogen (secondary N) is 1. The van der Waals surface area contributed by atoms with Gasteiger partial charge in [0.2, 0.25) is 5.91 Å².